The molecule has 0 saturated carbocycles. The first-order chi connectivity index (χ1) is 11.8. The van der Waals surface area contributed by atoms with E-state index in [4.69, 9.17) is 9.47 Å². The Hall–Kier alpha value is -2.79. The van der Waals surface area contributed by atoms with Crippen molar-refractivity contribution in [1.29, 1.82) is 0 Å². The van der Waals surface area contributed by atoms with Gasteiger partial charge in [0.05, 0.1) is 19.2 Å². The van der Waals surface area contributed by atoms with Crippen molar-refractivity contribution in [2.75, 3.05) is 7.11 Å². The second-order valence-corrected chi connectivity index (χ2v) is 6.05. The maximum atomic E-state index is 12.6. The molecule has 3 rings (SSSR count). The Kier molecular flexibility index (Phi) is 5.13. The summed E-state index contributed by atoms with van der Waals surface area (Å²) < 4.78 is 11.3. The van der Waals surface area contributed by atoms with Crippen LogP contribution in [-0.4, -0.2) is 13.0 Å². The first kappa shape index (κ1) is 16.1. The average Bonchev–Trinajstić information content (AvgIpc) is 3.14. The molecule has 2 aromatic carbocycles. The van der Waals surface area contributed by atoms with E-state index < -0.39 is 0 Å². The van der Waals surface area contributed by atoms with Crippen LogP contribution >= 0.6 is 11.3 Å². The van der Waals surface area contributed by atoms with Crippen LogP contribution in [0.5, 0.6) is 17.2 Å². The monoisotopic (exact) mass is 339 g/mol. The van der Waals surface area contributed by atoms with Crippen molar-refractivity contribution in [2.45, 2.75) is 6.54 Å². The molecule has 1 N–H and O–H groups in total. The third-order valence-corrected chi connectivity index (χ3v) is 4.29. The molecule has 1 heterocycles. The summed E-state index contributed by atoms with van der Waals surface area (Å²) >= 11 is 1.60. The van der Waals surface area contributed by atoms with Crippen molar-refractivity contribution < 1.29 is 14.3 Å². The van der Waals surface area contributed by atoms with Gasteiger partial charge in [-0.05, 0) is 35.7 Å². The SMILES string of the molecule is COc1cccc(C(=O)NCc2cccs2)c1Oc1ccccc1. The second kappa shape index (κ2) is 7.66. The van der Waals surface area contributed by atoms with Crippen LogP contribution in [0.15, 0.2) is 66.0 Å². The van der Waals surface area contributed by atoms with E-state index in [2.05, 4.69) is 5.32 Å². The Morgan fingerprint density at radius 2 is 1.88 bits per heavy atom. The smallest absolute Gasteiger partial charge is 0.255 e. The van der Waals surface area contributed by atoms with Crippen LogP contribution in [0, 0.1) is 0 Å². The fraction of sp³-hybridized carbons (Fsp3) is 0.105. The van der Waals surface area contributed by atoms with Gasteiger partial charge in [-0.15, -0.1) is 11.3 Å². The molecule has 1 aromatic heterocycles. The Morgan fingerprint density at radius 3 is 2.58 bits per heavy atom. The zero-order valence-electron chi connectivity index (χ0n) is 13.2. The normalized spacial score (nSPS) is 10.2. The molecule has 122 valence electrons. The van der Waals surface area contributed by atoms with Crippen LogP contribution in [0.3, 0.4) is 0 Å². The Balaban J connectivity index is 1.84. The number of benzene rings is 2. The van der Waals surface area contributed by atoms with Crippen LogP contribution in [0.1, 0.15) is 15.2 Å². The number of amides is 1. The molecule has 0 aliphatic rings. The minimum Gasteiger partial charge on any atom is -0.493 e. The number of ether oxygens (including phenoxy) is 2. The lowest BCUT2D eigenvalue weighted by Gasteiger charge is -2.14. The summed E-state index contributed by atoms with van der Waals surface area (Å²) in [6.45, 7) is 0.485. The summed E-state index contributed by atoms with van der Waals surface area (Å²) in [5.41, 5.74) is 0.440. The number of nitrogens with one attached hydrogen (secondary N) is 1. The predicted octanol–water partition coefficient (Wildman–Crippen LogP) is 4.48. The van der Waals surface area contributed by atoms with E-state index in [9.17, 15) is 4.79 Å². The van der Waals surface area contributed by atoms with Crippen molar-refractivity contribution >= 4 is 17.2 Å². The molecule has 0 unspecified atom stereocenters. The van der Waals surface area contributed by atoms with E-state index in [-0.39, 0.29) is 5.91 Å². The fourth-order valence-electron chi connectivity index (χ4n) is 2.24. The minimum atomic E-state index is -0.201. The zero-order chi connectivity index (χ0) is 16.8. The van der Waals surface area contributed by atoms with E-state index in [0.29, 0.717) is 29.4 Å². The van der Waals surface area contributed by atoms with Gasteiger partial charge in [-0.2, -0.15) is 0 Å². The van der Waals surface area contributed by atoms with Crippen molar-refractivity contribution in [3.05, 3.63) is 76.5 Å². The minimum absolute atomic E-state index is 0.201. The van der Waals surface area contributed by atoms with Gasteiger partial charge in [-0.3, -0.25) is 4.79 Å². The van der Waals surface area contributed by atoms with Gasteiger partial charge in [0.2, 0.25) is 0 Å². The standard InChI is InChI=1S/C19H17NO3S/c1-22-17-11-5-10-16(18(17)23-14-7-3-2-4-8-14)19(21)20-13-15-9-6-12-24-15/h2-12H,13H2,1H3,(H,20,21). The highest BCUT2D eigenvalue weighted by Gasteiger charge is 2.17. The molecule has 24 heavy (non-hydrogen) atoms. The maximum absolute atomic E-state index is 12.6. The number of hydrogen-bond donors (Lipinski definition) is 1. The van der Waals surface area contributed by atoms with Gasteiger partial charge in [-0.1, -0.05) is 30.3 Å². The molecule has 0 fully saturated rings. The quantitative estimate of drug-likeness (QED) is 0.720. The summed E-state index contributed by atoms with van der Waals surface area (Å²) in [6.07, 6.45) is 0. The van der Waals surface area contributed by atoms with Gasteiger partial charge >= 0.3 is 0 Å². The van der Waals surface area contributed by atoms with E-state index in [1.807, 2.05) is 47.8 Å². The third kappa shape index (κ3) is 3.75. The van der Waals surface area contributed by atoms with E-state index >= 15 is 0 Å². The summed E-state index contributed by atoms with van der Waals surface area (Å²) in [5.74, 6) is 1.38. The molecule has 5 heteroatoms. The lowest BCUT2D eigenvalue weighted by molar-refractivity contribution is 0.0948. The number of methoxy groups -OCH3 is 1. The van der Waals surface area contributed by atoms with Gasteiger partial charge in [0.25, 0.3) is 5.91 Å². The number of thiophene rings is 1. The summed E-state index contributed by atoms with van der Waals surface area (Å²) in [7, 11) is 1.56. The first-order valence-electron chi connectivity index (χ1n) is 7.48. The van der Waals surface area contributed by atoms with Gasteiger partial charge in [0.1, 0.15) is 5.75 Å². The zero-order valence-corrected chi connectivity index (χ0v) is 14.0. The van der Waals surface area contributed by atoms with Gasteiger partial charge < -0.3 is 14.8 Å². The number of carbonyl (C=O) groups excluding carboxylic acids is 1. The van der Waals surface area contributed by atoms with Crippen molar-refractivity contribution in [3.63, 3.8) is 0 Å². The Morgan fingerprint density at radius 1 is 1.04 bits per heavy atom. The van der Waals surface area contributed by atoms with E-state index in [0.717, 1.165) is 4.88 Å². The Labute approximate surface area is 144 Å². The Bertz CT molecular complexity index is 801. The molecule has 0 bridgehead atoms. The molecule has 0 spiro atoms. The number of hydrogen-bond acceptors (Lipinski definition) is 4. The van der Waals surface area contributed by atoms with Crippen LogP contribution in [0.25, 0.3) is 0 Å². The van der Waals surface area contributed by atoms with Crippen LogP contribution in [0.4, 0.5) is 0 Å². The van der Waals surface area contributed by atoms with E-state index in [1.54, 1.807) is 36.6 Å². The molecular weight excluding hydrogens is 322 g/mol. The molecule has 0 radical (unpaired) electrons. The number of para-hydroxylation sites is 2. The summed E-state index contributed by atoms with van der Waals surface area (Å²) in [6, 6.07) is 18.5. The molecule has 1 amide bonds. The molecule has 0 aliphatic carbocycles. The van der Waals surface area contributed by atoms with Gasteiger partial charge in [0.15, 0.2) is 11.5 Å². The first-order valence-corrected chi connectivity index (χ1v) is 8.36. The predicted molar refractivity (Wildman–Crippen MR) is 95.0 cm³/mol. The van der Waals surface area contributed by atoms with Crippen LogP contribution in [0.2, 0.25) is 0 Å². The van der Waals surface area contributed by atoms with Crippen molar-refractivity contribution in [3.8, 4) is 17.2 Å². The van der Waals surface area contributed by atoms with Crippen LogP contribution in [-0.2, 0) is 6.54 Å². The second-order valence-electron chi connectivity index (χ2n) is 5.01. The number of carbonyl (C=O) groups is 1. The van der Waals surface area contributed by atoms with Crippen LogP contribution < -0.4 is 14.8 Å². The molecule has 0 atom stereocenters. The third-order valence-electron chi connectivity index (χ3n) is 3.41. The molecule has 0 aliphatic heterocycles. The number of rotatable bonds is 6. The highest BCUT2D eigenvalue weighted by molar-refractivity contribution is 7.09. The van der Waals surface area contributed by atoms with Gasteiger partial charge in [-0.25, -0.2) is 0 Å². The fourth-order valence-corrected chi connectivity index (χ4v) is 2.89. The molecule has 4 nitrogen and oxygen atoms in total. The lowest BCUT2D eigenvalue weighted by Crippen LogP contribution is -2.23. The lowest BCUT2D eigenvalue weighted by atomic mass is 10.1. The molecule has 3 aromatic rings. The maximum Gasteiger partial charge on any atom is 0.255 e. The highest BCUT2D eigenvalue weighted by Crippen LogP contribution is 2.35. The van der Waals surface area contributed by atoms with Crippen molar-refractivity contribution in [1.82, 2.24) is 5.32 Å². The molecule has 0 saturated heterocycles. The largest absolute Gasteiger partial charge is 0.493 e. The topological polar surface area (TPSA) is 47.6 Å². The average molecular weight is 339 g/mol. The highest BCUT2D eigenvalue weighted by atomic mass is 32.1. The summed E-state index contributed by atoms with van der Waals surface area (Å²) in [5, 5.41) is 4.90. The van der Waals surface area contributed by atoms with E-state index in [1.165, 1.54) is 0 Å². The van der Waals surface area contributed by atoms with Gasteiger partial charge in [0, 0.05) is 4.88 Å². The summed E-state index contributed by atoms with van der Waals surface area (Å²) in [4.78, 5) is 13.7. The molecular formula is C19H17NO3S. The van der Waals surface area contributed by atoms with Crippen molar-refractivity contribution in [2.24, 2.45) is 0 Å².